The average Bonchev–Trinajstić information content (AvgIpc) is 3.29. The normalized spacial score (nSPS) is 18.0. The fourth-order valence-electron chi connectivity index (χ4n) is 2.89. The van der Waals surface area contributed by atoms with Gasteiger partial charge in [0.2, 0.25) is 5.95 Å². The molecule has 1 fully saturated rings. The van der Waals surface area contributed by atoms with Crippen LogP contribution in [0.5, 0.6) is 0 Å². The molecule has 0 saturated carbocycles. The Labute approximate surface area is 139 Å². The second kappa shape index (κ2) is 6.48. The third kappa shape index (κ3) is 2.80. The molecule has 1 saturated heterocycles. The van der Waals surface area contributed by atoms with E-state index in [1.54, 1.807) is 19.6 Å². The summed E-state index contributed by atoms with van der Waals surface area (Å²) in [6.07, 6.45) is 6.65. The lowest BCUT2D eigenvalue weighted by atomic mass is 10.2. The van der Waals surface area contributed by atoms with Gasteiger partial charge < -0.3 is 19.8 Å². The van der Waals surface area contributed by atoms with Crippen molar-refractivity contribution >= 4 is 22.9 Å². The summed E-state index contributed by atoms with van der Waals surface area (Å²) in [5.74, 6) is 2.06. The molecule has 3 aromatic rings. The number of rotatable bonds is 5. The summed E-state index contributed by atoms with van der Waals surface area (Å²) in [6, 6.07) is 3.78. The molecule has 8 heteroatoms. The third-order valence-electron chi connectivity index (χ3n) is 4.12. The average molecular weight is 328 g/mol. The Kier molecular flexibility index (Phi) is 4.04. The van der Waals surface area contributed by atoms with Crippen molar-refractivity contribution in [2.45, 2.75) is 32.0 Å². The highest BCUT2D eigenvalue weighted by atomic mass is 16.5. The Hall–Kier alpha value is -2.61. The standard InChI is InChI=1S/C16H20N6O2/c1-17-16-20-14(18-9-11-5-4-8-23-11)13-15(21-16)22(10-19-13)12-6-2-3-7-24-12/h4-5,8,10,12H,2-3,6-7,9H2,1H3,(H2,17,18,20,21). The van der Waals surface area contributed by atoms with Crippen molar-refractivity contribution in [3.63, 3.8) is 0 Å². The largest absolute Gasteiger partial charge is 0.467 e. The van der Waals surface area contributed by atoms with Crippen LogP contribution in [0.2, 0.25) is 0 Å². The summed E-state index contributed by atoms with van der Waals surface area (Å²) < 4.78 is 13.2. The minimum Gasteiger partial charge on any atom is -0.467 e. The predicted octanol–water partition coefficient (Wildman–Crippen LogP) is 2.77. The van der Waals surface area contributed by atoms with Gasteiger partial charge in [-0.3, -0.25) is 4.57 Å². The van der Waals surface area contributed by atoms with Gasteiger partial charge in [0, 0.05) is 13.7 Å². The number of fused-ring (bicyclic) bond motifs is 1. The lowest BCUT2D eigenvalue weighted by molar-refractivity contribution is -0.0298. The topological polar surface area (TPSA) is 90.0 Å². The molecule has 0 bridgehead atoms. The van der Waals surface area contributed by atoms with Crippen molar-refractivity contribution in [1.82, 2.24) is 19.5 Å². The molecule has 0 aliphatic carbocycles. The summed E-state index contributed by atoms with van der Waals surface area (Å²) in [7, 11) is 1.80. The van der Waals surface area contributed by atoms with Crippen LogP contribution in [0.15, 0.2) is 29.1 Å². The maximum atomic E-state index is 5.87. The molecule has 0 aromatic carbocycles. The minimum absolute atomic E-state index is 0.0127. The molecule has 0 radical (unpaired) electrons. The highest BCUT2D eigenvalue weighted by Crippen LogP contribution is 2.28. The van der Waals surface area contributed by atoms with E-state index in [-0.39, 0.29) is 6.23 Å². The van der Waals surface area contributed by atoms with Gasteiger partial charge in [0.1, 0.15) is 12.0 Å². The molecule has 1 aliphatic heterocycles. The molecule has 2 N–H and O–H groups in total. The van der Waals surface area contributed by atoms with Crippen molar-refractivity contribution in [3.05, 3.63) is 30.5 Å². The first-order chi connectivity index (χ1) is 11.8. The molecular weight excluding hydrogens is 308 g/mol. The molecule has 4 rings (SSSR count). The van der Waals surface area contributed by atoms with Crippen molar-refractivity contribution in [1.29, 1.82) is 0 Å². The lowest BCUT2D eigenvalue weighted by Gasteiger charge is -2.23. The van der Waals surface area contributed by atoms with Crippen LogP contribution in [0.25, 0.3) is 11.2 Å². The Morgan fingerprint density at radius 2 is 2.29 bits per heavy atom. The molecule has 1 unspecified atom stereocenters. The zero-order valence-corrected chi connectivity index (χ0v) is 13.5. The first kappa shape index (κ1) is 14.9. The highest BCUT2D eigenvalue weighted by molar-refractivity contribution is 5.84. The molecule has 1 atom stereocenters. The number of furan rings is 1. The van der Waals surface area contributed by atoms with E-state index in [1.165, 1.54) is 0 Å². The first-order valence-electron chi connectivity index (χ1n) is 8.15. The maximum Gasteiger partial charge on any atom is 0.226 e. The Morgan fingerprint density at radius 1 is 1.33 bits per heavy atom. The smallest absolute Gasteiger partial charge is 0.226 e. The summed E-state index contributed by atoms with van der Waals surface area (Å²) in [5.41, 5.74) is 1.50. The van der Waals surface area contributed by atoms with Crippen LogP contribution in [-0.2, 0) is 11.3 Å². The number of anilines is 2. The number of aromatic nitrogens is 4. The van der Waals surface area contributed by atoms with E-state index in [1.807, 2.05) is 16.7 Å². The SMILES string of the molecule is CNc1nc(NCc2ccco2)c2ncn(C3CCCCO3)c2n1. The van der Waals surface area contributed by atoms with Gasteiger partial charge in [-0.15, -0.1) is 0 Å². The summed E-state index contributed by atoms with van der Waals surface area (Å²) in [4.78, 5) is 13.6. The van der Waals surface area contributed by atoms with E-state index in [2.05, 4.69) is 25.6 Å². The molecule has 126 valence electrons. The second-order valence-corrected chi connectivity index (χ2v) is 5.72. The fraction of sp³-hybridized carbons (Fsp3) is 0.438. The number of hydrogen-bond acceptors (Lipinski definition) is 7. The van der Waals surface area contributed by atoms with Gasteiger partial charge in [-0.2, -0.15) is 9.97 Å². The van der Waals surface area contributed by atoms with Crippen molar-refractivity contribution in [2.75, 3.05) is 24.3 Å². The van der Waals surface area contributed by atoms with Crippen molar-refractivity contribution < 1.29 is 9.15 Å². The zero-order valence-electron chi connectivity index (χ0n) is 13.5. The fourth-order valence-corrected chi connectivity index (χ4v) is 2.89. The monoisotopic (exact) mass is 328 g/mol. The molecule has 24 heavy (non-hydrogen) atoms. The van der Waals surface area contributed by atoms with E-state index < -0.39 is 0 Å². The number of imidazole rings is 1. The van der Waals surface area contributed by atoms with Gasteiger partial charge in [0.25, 0.3) is 0 Å². The Balaban J connectivity index is 1.69. The molecule has 4 heterocycles. The van der Waals surface area contributed by atoms with Crippen LogP contribution < -0.4 is 10.6 Å². The number of ether oxygens (including phenoxy) is 1. The van der Waals surface area contributed by atoms with Crippen LogP contribution in [0, 0.1) is 0 Å². The number of hydrogen-bond donors (Lipinski definition) is 2. The van der Waals surface area contributed by atoms with Crippen LogP contribution in [0.3, 0.4) is 0 Å². The van der Waals surface area contributed by atoms with Crippen LogP contribution in [-0.4, -0.2) is 33.2 Å². The van der Waals surface area contributed by atoms with Gasteiger partial charge in [-0.05, 0) is 31.4 Å². The molecule has 0 amide bonds. The van der Waals surface area contributed by atoms with Gasteiger partial charge in [-0.25, -0.2) is 4.98 Å². The first-order valence-corrected chi connectivity index (χ1v) is 8.15. The van der Waals surface area contributed by atoms with E-state index >= 15 is 0 Å². The summed E-state index contributed by atoms with van der Waals surface area (Å²) in [6.45, 7) is 1.31. The van der Waals surface area contributed by atoms with E-state index in [0.29, 0.717) is 18.3 Å². The van der Waals surface area contributed by atoms with E-state index in [4.69, 9.17) is 9.15 Å². The Bertz CT molecular complexity index is 807. The zero-order chi connectivity index (χ0) is 16.4. The van der Waals surface area contributed by atoms with Gasteiger partial charge in [-0.1, -0.05) is 0 Å². The van der Waals surface area contributed by atoms with Gasteiger partial charge >= 0.3 is 0 Å². The summed E-state index contributed by atoms with van der Waals surface area (Å²) >= 11 is 0. The van der Waals surface area contributed by atoms with Gasteiger partial charge in [0.15, 0.2) is 17.0 Å². The molecule has 0 spiro atoms. The Morgan fingerprint density at radius 3 is 3.04 bits per heavy atom. The highest BCUT2D eigenvalue weighted by Gasteiger charge is 2.21. The third-order valence-corrected chi connectivity index (χ3v) is 4.12. The van der Waals surface area contributed by atoms with E-state index in [9.17, 15) is 0 Å². The molecular formula is C16H20N6O2. The van der Waals surface area contributed by atoms with Crippen LogP contribution >= 0.6 is 0 Å². The molecule has 3 aromatic heterocycles. The minimum atomic E-state index is -0.0127. The van der Waals surface area contributed by atoms with Crippen molar-refractivity contribution in [2.24, 2.45) is 0 Å². The molecule has 8 nitrogen and oxygen atoms in total. The van der Waals surface area contributed by atoms with Crippen molar-refractivity contribution in [3.8, 4) is 0 Å². The van der Waals surface area contributed by atoms with Crippen LogP contribution in [0.1, 0.15) is 31.3 Å². The van der Waals surface area contributed by atoms with Gasteiger partial charge in [0.05, 0.1) is 19.1 Å². The number of nitrogens with zero attached hydrogens (tertiary/aromatic N) is 4. The predicted molar refractivity (Wildman–Crippen MR) is 89.7 cm³/mol. The maximum absolute atomic E-state index is 5.87. The number of nitrogens with one attached hydrogen (secondary N) is 2. The molecule has 1 aliphatic rings. The quantitative estimate of drug-likeness (QED) is 0.744. The second-order valence-electron chi connectivity index (χ2n) is 5.72. The summed E-state index contributed by atoms with van der Waals surface area (Å²) in [5, 5.41) is 6.28. The lowest BCUT2D eigenvalue weighted by Crippen LogP contribution is -2.18. The van der Waals surface area contributed by atoms with E-state index in [0.717, 1.165) is 42.8 Å². The van der Waals surface area contributed by atoms with Crippen LogP contribution in [0.4, 0.5) is 11.8 Å².